The van der Waals surface area contributed by atoms with Crippen LogP contribution in [0.15, 0.2) is 106 Å². The van der Waals surface area contributed by atoms with Gasteiger partial charge in [0, 0.05) is 22.8 Å². The van der Waals surface area contributed by atoms with Gasteiger partial charge in [-0.1, -0.05) is 54.6 Å². The number of anilines is 1. The Morgan fingerprint density at radius 1 is 1.03 bits per heavy atom. The van der Waals surface area contributed by atoms with Crippen LogP contribution in [0.1, 0.15) is 11.1 Å². The second-order valence-corrected chi connectivity index (χ2v) is 8.14. The number of nitriles is 1. The highest BCUT2D eigenvalue weighted by Gasteiger charge is 2.19. The van der Waals surface area contributed by atoms with E-state index in [1.165, 1.54) is 6.08 Å². The van der Waals surface area contributed by atoms with E-state index in [-0.39, 0.29) is 11.1 Å². The summed E-state index contributed by atoms with van der Waals surface area (Å²) in [6, 6.07) is 27.5. The van der Waals surface area contributed by atoms with Crippen molar-refractivity contribution < 1.29 is 9.21 Å². The van der Waals surface area contributed by atoms with E-state index in [9.17, 15) is 14.9 Å². The minimum absolute atomic E-state index is 0.128. The molecule has 36 heavy (non-hydrogen) atoms. The summed E-state index contributed by atoms with van der Waals surface area (Å²) in [4.78, 5) is 25.9. The molecule has 1 amide bonds. The third-order valence-corrected chi connectivity index (χ3v) is 5.72. The molecule has 5 rings (SSSR count). The van der Waals surface area contributed by atoms with Gasteiger partial charge in [0.15, 0.2) is 0 Å². The van der Waals surface area contributed by atoms with Crippen LogP contribution in [0.5, 0.6) is 0 Å². The highest BCUT2D eigenvalue weighted by Crippen LogP contribution is 2.26. The normalized spacial score (nSPS) is 11.3. The minimum atomic E-state index is -0.565. The molecular formula is C29H20N4O3. The van der Waals surface area contributed by atoms with Gasteiger partial charge in [-0.2, -0.15) is 10.4 Å². The van der Waals surface area contributed by atoms with E-state index in [0.717, 1.165) is 16.6 Å². The molecule has 7 heteroatoms. The van der Waals surface area contributed by atoms with Gasteiger partial charge < -0.3 is 9.73 Å². The lowest BCUT2D eigenvalue weighted by Gasteiger charge is -2.07. The van der Waals surface area contributed by atoms with Gasteiger partial charge in [-0.05, 0) is 48.9 Å². The largest absolute Gasteiger partial charge is 0.422 e. The Balaban J connectivity index is 1.64. The van der Waals surface area contributed by atoms with Crippen LogP contribution in [0.25, 0.3) is 34.0 Å². The fourth-order valence-electron chi connectivity index (χ4n) is 3.85. The van der Waals surface area contributed by atoms with Crippen molar-refractivity contribution in [1.82, 2.24) is 9.78 Å². The summed E-state index contributed by atoms with van der Waals surface area (Å²) in [5.74, 6) is -0.559. The van der Waals surface area contributed by atoms with E-state index < -0.39 is 11.5 Å². The molecule has 0 saturated carbocycles. The predicted molar refractivity (Wildman–Crippen MR) is 138 cm³/mol. The first kappa shape index (κ1) is 22.6. The summed E-state index contributed by atoms with van der Waals surface area (Å²) in [6.07, 6.45) is 3.11. The van der Waals surface area contributed by atoms with Crippen molar-refractivity contribution >= 4 is 28.6 Å². The number of benzene rings is 3. The van der Waals surface area contributed by atoms with Crippen LogP contribution in [-0.4, -0.2) is 15.7 Å². The zero-order chi connectivity index (χ0) is 25.1. The Morgan fingerprint density at radius 3 is 2.53 bits per heavy atom. The first-order valence-corrected chi connectivity index (χ1v) is 11.2. The fourth-order valence-corrected chi connectivity index (χ4v) is 3.85. The van der Waals surface area contributed by atoms with E-state index in [0.29, 0.717) is 22.5 Å². The number of amides is 1. The molecule has 2 heterocycles. The zero-order valence-electron chi connectivity index (χ0n) is 19.3. The smallest absolute Gasteiger partial charge is 0.345 e. The van der Waals surface area contributed by atoms with Crippen molar-refractivity contribution in [3.63, 3.8) is 0 Å². The summed E-state index contributed by atoms with van der Waals surface area (Å²) in [7, 11) is 0. The maximum atomic E-state index is 13.0. The lowest BCUT2D eigenvalue weighted by atomic mass is 10.1. The molecule has 3 aromatic carbocycles. The second kappa shape index (κ2) is 9.57. The quantitative estimate of drug-likeness (QED) is 0.207. The third kappa shape index (κ3) is 4.43. The maximum Gasteiger partial charge on any atom is 0.345 e. The summed E-state index contributed by atoms with van der Waals surface area (Å²) in [6.45, 7) is 1.87. The van der Waals surface area contributed by atoms with Gasteiger partial charge in [-0.3, -0.25) is 4.79 Å². The van der Waals surface area contributed by atoms with Gasteiger partial charge in [0.1, 0.15) is 22.9 Å². The van der Waals surface area contributed by atoms with Crippen LogP contribution in [-0.2, 0) is 4.79 Å². The van der Waals surface area contributed by atoms with Crippen LogP contribution in [0.3, 0.4) is 0 Å². The van der Waals surface area contributed by atoms with Gasteiger partial charge >= 0.3 is 5.63 Å². The number of hydrogen-bond donors (Lipinski definition) is 1. The molecule has 0 unspecified atom stereocenters. The number of carbonyl (C=O) groups is 1. The van der Waals surface area contributed by atoms with E-state index in [1.54, 1.807) is 41.2 Å². The van der Waals surface area contributed by atoms with Crippen molar-refractivity contribution in [2.24, 2.45) is 0 Å². The van der Waals surface area contributed by atoms with E-state index >= 15 is 0 Å². The fraction of sp³-hybridized carbons (Fsp3) is 0.0345. The monoisotopic (exact) mass is 472 g/mol. The summed E-state index contributed by atoms with van der Waals surface area (Å²) < 4.78 is 7.12. The molecule has 0 bridgehead atoms. The Labute approximate surface area is 206 Å². The van der Waals surface area contributed by atoms with Crippen molar-refractivity contribution in [2.75, 3.05) is 5.32 Å². The molecule has 2 aromatic heterocycles. The molecule has 0 saturated heterocycles. The number of carbonyl (C=O) groups excluding carboxylic acids is 1. The van der Waals surface area contributed by atoms with Crippen molar-refractivity contribution in [1.29, 1.82) is 5.26 Å². The molecule has 1 N–H and O–H groups in total. The molecule has 7 nitrogen and oxygen atoms in total. The third-order valence-electron chi connectivity index (χ3n) is 5.72. The minimum Gasteiger partial charge on any atom is -0.422 e. The maximum absolute atomic E-state index is 13.0. The van der Waals surface area contributed by atoms with Gasteiger partial charge in [0.25, 0.3) is 5.91 Å². The number of hydrogen-bond acceptors (Lipinski definition) is 5. The lowest BCUT2D eigenvalue weighted by molar-refractivity contribution is -0.112. The van der Waals surface area contributed by atoms with Crippen molar-refractivity contribution in [2.45, 2.75) is 6.92 Å². The number of nitrogens with one attached hydrogen (secondary N) is 1. The Morgan fingerprint density at radius 2 is 1.75 bits per heavy atom. The topological polar surface area (TPSA) is 101 Å². The Kier molecular flexibility index (Phi) is 6.00. The predicted octanol–water partition coefficient (Wildman–Crippen LogP) is 5.50. The molecule has 0 aliphatic rings. The first-order valence-electron chi connectivity index (χ1n) is 11.2. The van der Waals surface area contributed by atoms with Gasteiger partial charge in [0.05, 0.1) is 11.3 Å². The van der Waals surface area contributed by atoms with Crippen LogP contribution in [0.4, 0.5) is 5.69 Å². The van der Waals surface area contributed by atoms with Gasteiger partial charge in [-0.25, -0.2) is 9.48 Å². The molecule has 5 aromatic rings. The standard InChI is InChI=1S/C29H20N4O3/c1-19-9-5-7-13-25(19)31-28(34)21(17-30)15-22-18-33(23-11-3-2-4-12-23)32-27(22)24-16-20-10-6-8-14-26(20)36-29(24)35/h2-16,18H,1H3,(H,31,34). The van der Waals surface area contributed by atoms with Crippen LogP contribution in [0.2, 0.25) is 0 Å². The van der Waals surface area contributed by atoms with E-state index in [1.807, 2.05) is 67.6 Å². The number of para-hydroxylation sites is 3. The summed E-state index contributed by atoms with van der Waals surface area (Å²) in [5.41, 5.74) is 2.96. The number of fused-ring (bicyclic) bond motifs is 1. The molecule has 0 fully saturated rings. The zero-order valence-corrected chi connectivity index (χ0v) is 19.3. The number of aryl methyl sites for hydroxylation is 1. The van der Waals surface area contributed by atoms with Crippen LogP contribution < -0.4 is 10.9 Å². The first-order chi connectivity index (χ1) is 17.5. The van der Waals surface area contributed by atoms with E-state index in [4.69, 9.17) is 4.42 Å². The average Bonchev–Trinajstić information content (AvgIpc) is 3.32. The number of aromatic nitrogens is 2. The molecule has 0 radical (unpaired) electrons. The molecule has 0 atom stereocenters. The lowest BCUT2D eigenvalue weighted by Crippen LogP contribution is -2.14. The van der Waals surface area contributed by atoms with E-state index in [2.05, 4.69) is 10.4 Å². The SMILES string of the molecule is Cc1ccccc1NC(=O)C(C#N)=Cc1cn(-c2ccccc2)nc1-c1cc2ccccc2oc1=O. The highest BCUT2D eigenvalue weighted by atomic mass is 16.4. The van der Waals surface area contributed by atoms with Crippen LogP contribution in [0, 0.1) is 18.3 Å². The second-order valence-electron chi connectivity index (χ2n) is 8.14. The van der Waals surface area contributed by atoms with Crippen LogP contribution >= 0.6 is 0 Å². The highest BCUT2D eigenvalue weighted by molar-refractivity contribution is 6.10. The average molecular weight is 473 g/mol. The Hall–Kier alpha value is -5.22. The number of nitrogens with zero attached hydrogens (tertiary/aromatic N) is 3. The molecule has 0 spiro atoms. The summed E-state index contributed by atoms with van der Waals surface area (Å²) >= 11 is 0. The van der Waals surface area contributed by atoms with Crippen molar-refractivity contribution in [3.8, 4) is 23.0 Å². The molecule has 0 aliphatic carbocycles. The number of rotatable bonds is 5. The molecule has 0 aliphatic heterocycles. The Bertz CT molecular complexity index is 1720. The van der Waals surface area contributed by atoms with Crippen molar-refractivity contribution in [3.05, 3.63) is 118 Å². The summed E-state index contributed by atoms with van der Waals surface area (Å²) in [5, 5.41) is 17.9. The van der Waals surface area contributed by atoms with Gasteiger partial charge in [-0.15, -0.1) is 0 Å². The molecule has 174 valence electrons. The van der Waals surface area contributed by atoms with Gasteiger partial charge in [0.2, 0.25) is 0 Å². The molecular weight excluding hydrogens is 452 g/mol.